The third kappa shape index (κ3) is 3.03. The standard InChI is InChI=1S/C16H20N4O4.ClH/c1-3-20-9-6-4-5-8-12(13(9)18-10(20)7-17-2)19-15(22)11(14(8)21)16(23)24;/h17H,3-7H2,1-2H3,(H,23,24)(H2,19,21,22);1H. The number of aromatic amines is 1. The van der Waals surface area contributed by atoms with Crippen LogP contribution in [-0.2, 0) is 25.9 Å². The monoisotopic (exact) mass is 368 g/mol. The zero-order chi connectivity index (χ0) is 17.4. The first-order chi connectivity index (χ1) is 11.5. The first-order valence-corrected chi connectivity index (χ1v) is 7.94. The quantitative estimate of drug-likeness (QED) is 0.645. The van der Waals surface area contributed by atoms with E-state index < -0.39 is 22.8 Å². The van der Waals surface area contributed by atoms with Gasteiger partial charge in [-0.25, -0.2) is 9.78 Å². The molecule has 0 amide bonds. The lowest BCUT2D eigenvalue weighted by molar-refractivity contribution is 0.0691. The molecule has 4 N–H and O–H groups in total. The molecule has 2 aromatic rings. The van der Waals surface area contributed by atoms with Crippen LogP contribution in [-0.4, -0.2) is 37.8 Å². The van der Waals surface area contributed by atoms with Crippen LogP contribution in [0.3, 0.4) is 0 Å². The number of pyridine rings is 1. The van der Waals surface area contributed by atoms with Gasteiger partial charge in [0.05, 0.1) is 12.2 Å². The Bertz CT molecular complexity index is 872. The number of imidazole rings is 1. The number of fused-ring (bicyclic) bond motifs is 3. The number of aromatic carboxylic acids is 1. The number of hydrogen-bond donors (Lipinski definition) is 4. The van der Waals surface area contributed by atoms with Crippen molar-refractivity contribution >= 4 is 18.4 Å². The minimum Gasteiger partial charge on any atom is -0.506 e. The summed E-state index contributed by atoms with van der Waals surface area (Å²) in [5, 5.41) is 22.6. The second-order valence-electron chi connectivity index (χ2n) is 5.79. The Morgan fingerprint density at radius 1 is 1.40 bits per heavy atom. The topological polar surface area (TPSA) is 120 Å². The molecule has 0 atom stereocenters. The minimum absolute atomic E-state index is 0. The number of aromatic nitrogens is 3. The van der Waals surface area contributed by atoms with Crippen LogP contribution in [0.1, 0.15) is 40.8 Å². The molecular weight excluding hydrogens is 348 g/mol. The van der Waals surface area contributed by atoms with Crippen LogP contribution in [0.5, 0.6) is 5.75 Å². The average Bonchev–Trinajstić information content (AvgIpc) is 2.76. The highest BCUT2D eigenvalue weighted by molar-refractivity contribution is 5.92. The molecule has 0 aromatic carbocycles. The first-order valence-electron chi connectivity index (χ1n) is 7.94. The van der Waals surface area contributed by atoms with E-state index in [4.69, 9.17) is 5.11 Å². The van der Waals surface area contributed by atoms with Crippen LogP contribution < -0.4 is 10.9 Å². The summed E-state index contributed by atoms with van der Waals surface area (Å²) in [6.07, 6.45) is 1.97. The Kier molecular flexibility index (Phi) is 5.54. The molecule has 2 aromatic heterocycles. The molecule has 136 valence electrons. The number of halogens is 1. The van der Waals surface area contributed by atoms with Crippen LogP contribution in [0.2, 0.25) is 0 Å². The molecule has 0 fully saturated rings. The number of rotatable bonds is 4. The van der Waals surface area contributed by atoms with Gasteiger partial charge in [-0.2, -0.15) is 0 Å². The summed E-state index contributed by atoms with van der Waals surface area (Å²) in [7, 11) is 1.83. The van der Waals surface area contributed by atoms with E-state index >= 15 is 0 Å². The first kappa shape index (κ1) is 19.0. The number of carbonyl (C=O) groups is 1. The van der Waals surface area contributed by atoms with Gasteiger partial charge in [-0.15, -0.1) is 12.4 Å². The van der Waals surface area contributed by atoms with Crippen LogP contribution >= 0.6 is 12.4 Å². The Labute approximate surface area is 150 Å². The van der Waals surface area contributed by atoms with Gasteiger partial charge in [0.2, 0.25) is 0 Å². The fourth-order valence-electron chi connectivity index (χ4n) is 3.36. The molecular formula is C16H21ClN4O4. The van der Waals surface area contributed by atoms with Crippen molar-refractivity contribution in [1.29, 1.82) is 0 Å². The predicted molar refractivity (Wildman–Crippen MR) is 94.6 cm³/mol. The van der Waals surface area contributed by atoms with E-state index in [-0.39, 0.29) is 12.4 Å². The van der Waals surface area contributed by atoms with Crippen molar-refractivity contribution in [2.75, 3.05) is 7.05 Å². The van der Waals surface area contributed by atoms with Crippen LogP contribution in [0, 0.1) is 0 Å². The summed E-state index contributed by atoms with van der Waals surface area (Å²) >= 11 is 0. The number of H-pyrrole nitrogens is 1. The second-order valence-corrected chi connectivity index (χ2v) is 5.79. The van der Waals surface area contributed by atoms with Crippen molar-refractivity contribution < 1.29 is 15.0 Å². The number of aromatic hydroxyl groups is 1. The van der Waals surface area contributed by atoms with Crippen molar-refractivity contribution in [2.45, 2.75) is 39.3 Å². The molecule has 0 saturated heterocycles. The molecule has 0 radical (unpaired) electrons. The maximum atomic E-state index is 12.1. The largest absolute Gasteiger partial charge is 0.506 e. The Hall–Kier alpha value is -2.32. The van der Waals surface area contributed by atoms with Crippen molar-refractivity contribution in [3.63, 3.8) is 0 Å². The summed E-state index contributed by atoms with van der Waals surface area (Å²) < 4.78 is 2.10. The summed E-state index contributed by atoms with van der Waals surface area (Å²) in [6.45, 7) is 3.36. The molecule has 9 heteroatoms. The number of carboxylic acid groups (broad SMARTS) is 1. The summed E-state index contributed by atoms with van der Waals surface area (Å²) in [5.74, 6) is -1.04. The molecule has 1 aliphatic rings. The Balaban J connectivity index is 0.00000225. The van der Waals surface area contributed by atoms with Gasteiger partial charge in [0.1, 0.15) is 17.3 Å². The SMILES string of the molecule is CCn1c(CNC)nc2c1CCCc1c-2[nH]c(=O)c(C(=O)O)c1O.Cl. The van der Waals surface area contributed by atoms with E-state index in [0.29, 0.717) is 29.9 Å². The lowest BCUT2D eigenvalue weighted by atomic mass is 10.0. The fraction of sp³-hybridized carbons (Fsp3) is 0.438. The van der Waals surface area contributed by atoms with Gasteiger partial charge in [0.25, 0.3) is 5.56 Å². The van der Waals surface area contributed by atoms with E-state index in [1.807, 2.05) is 14.0 Å². The highest BCUT2D eigenvalue weighted by Crippen LogP contribution is 2.35. The zero-order valence-electron chi connectivity index (χ0n) is 14.0. The molecule has 0 aliphatic heterocycles. The van der Waals surface area contributed by atoms with Crippen molar-refractivity contribution in [1.82, 2.24) is 19.9 Å². The summed E-state index contributed by atoms with van der Waals surface area (Å²) in [6, 6.07) is 0. The lowest BCUT2D eigenvalue weighted by Crippen LogP contribution is -2.20. The number of nitrogens with one attached hydrogen (secondary N) is 2. The third-order valence-corrected chi connectivity index (χ3v) is 4.38. The van der Waals surface area contributed by atoms with Crippen molar-refractivity contribution in [3.8, 4) is 17.1 Å². The molecule has 1 aliphatic carbocycles. The molecule has 0 spiro atoms. The Morgan fingerprint density at radius 2 is 2.12 bits per heavy atom. The predicted octanol–water partition coefficient (Wildman–Crippen LogP) is 1.29. The van der Waals surface area contributed by atoms with Gasteiger partial charge >= 0.3 is 5.97 Å². The maximum absolute atomic E-state index is 12.1. The Morgan fingerprint density at radius 3 is 2.72 bits per heavy atom. The second kappa shape index (κ2) is 7.28. The summed E-state index contributed by atoms with van der Waals surface area (Å²) in [4.78, 5) is 30.6. The van der Waals surface area contributed by atoms with E-state index in [9.17, 15) is 14.7 Å². The van der Waals surface area contributed by atoms with Gasteiger partial charge in [0, 0.05) is 17.8 Å². The number of carboxylic acids is 1. The summed E-state index contributed by atoms with van der Waals surface area (Å²) in [5.41, 5.74) is 1.08. The van der Waals surface area contributed by atoms with Gasteiger partial charge in [-0.05, 0) is 33.2 Å². The molecule has 25 heavy (non-hydrogen) atoms. The third-order valence-electron chi connectivity index (χ3n) is 4.38. The van der Waals surface area contributed by atoms with E-state index in [1.165, 1.54) is 0 Å². The molecule has 0 bridgehead atoms. The molecule has 8 nitrogen and oxygen atoms in total. The van der Waals surface area contributed by atoms with Gasteiger partial charge < -0.3 is 25.1 Å². The lowest BCUT2D eigenvalue weighted by Gasteiger charge is -2.09. The van der Waals surface area contributed by atoms with E-state index in [2.05, 4.69) is 19.9 Å². The van der Waals surface area contributed by atoms with Crippen molar-refractivity contribution in [3.05, 3.63) is 33.0 Å². The molecule has 2 heterocycles. The smallest absolute Gasteiger partial charge is 0.345 e. The number of nitrogens with zero attached hydrogens (tertiary/aromatic N) is 2. The normalized spacial score (nSPS) is 12.7. The van der Waals surface area contributed by atoms with E-state index in [1.54, 1.807) is 0 Å². The average molecular weight is 369 g/mol. The minimum atomic E-state index is -1.43. The highest BCUT2D eigenvalue weighted by atomic mass is 35.5. The van der Waals surface area contributed by atoms with Crippen LogP contribution in [0.25, 0.3) is 11.4 Å². The van der Waals surface area contributed by atoms with Crippen molar-refractivity contribution in [2.24, 2.45) is 0 Å². The highest BCUT2D eigenvalue weighted by Gasteiger charge is 2.28. The molecule has 3 rings (SSSR count). The number of hydrogen-bond acceptors (Lipinski definition) is 5. The van der Waals surface area contributed by atoms with Gasteiger partial charge in [-0.3, -0.25) is 4.79 Å². The molecule has 0 saturated carbocycles. The maximum Gasteiger partial charge on any atom is 0.345 e. The van der Waals surface area contributed by atoms with Crippen LogP contribution in [0.15, 0.2) is 4.79 Å². The van der Waals surface area contributed by atoms with Gasteiger partial charge in [-0.1, -0.05) is 0 Å². The van der Waals surface area contributed by atoms with Gasteiger partial charge in [0.15, 0.2) is 5.56 Å². The van der Waals surface area contributed by atoms with E-state index in [0.717, 1.165) is 30.9 Å². The zero-order valence-corrected chi connectivity index (χ0v) is 14.9. The molecule has 0 unspecified atom stereocenters. The van der Waals surface area contributed by atoms with Crippen LogP contribution in [0.4, 0.5) is 0 Å². The fourth-order valence-corrected chi connectivity index (χ4v) is 3.36.